The Morgan fingerprint density at radius 3 is 2.43 bits per heavy atom. The van der Waals surface area contributed by atoms with Gasteiger partial charge in [0.15, 0.2) is 5.12 Å². The number of hydrogen-bond acceptors (Lipinski definition) is 5. The molecule has 0 radical (unpaired) electrons. The number of benzene rings is 1. The fraction of sp³-hybridized carbons (Fsp3) is 0.462. The number of thioether (sulfide) groups is 1. The normalized spacial score (nSPS) is 14.6. The molecular weight excluding hydrogens is 309 g/mol. The molecule has 1 rings (SSSR count). The first kappa shape index (κ1) is 17.8. The molecule has 1 aromatic carbocycles. The van der Waals surface area contributed by atoms with Crippen molar-refractivity contribution in [1.29, 1.82) is 0 Å². The lowest BCUT2D eigenvalue weighted by molar-refractivity contribution is -0.137. The molecule has 2 atom stereocenters. The van der Waals surface area contributed by atoms with Crippen molar-refractivity contribution in [2.75, 3.05) is 12.9 Å². The molecule has 0 heterocycles. The number of halogens is 3. The summed E-state index contributed by atoms with van der Waals surface area (Å²) in [5, 5.41) is 19.4. The van der Waals surface area contributed by atoms with Crippen molar-refractivity contribution in [3.05, 3.63) is 29.3 Å². The van der Waals surface area contributed by atoms with Crippen LogP contribution in [0.3, 0.4) is 0 Å². The summed E-state index contributed by atoms with van der Waals surface area (Å²) in [6.07, 6.45) is -7.51. The van der Waals surface area contributed by atoms with E-state index in [1.54, 1.807) is 0 Å². The second-order valence-corrected chi connectivity index (χ2v) is 5.50. The van der Waals surface area contributed by atoms with Crippen molar-refractivity contribution in [2.24, 2.45) is 0 Å². The quantitative estimate of drug-likeness (QED) is 0.870. The minimum Gasteiger partial charge on any atom is -0.497 e. The first-order chi connectivity index (χ1) is 9.65. The molecule has 4 nitrogen and oxygen atoms in total. The van der Waals surface area contributed by atoms with Crippen molar-refractivity contribution in [3.8, 4) is 5.75 Å². The Hall–Kier alpha value is -1.25. The molecule has 118 valence electrons. The first-order valence-corrected chi connectivity index (χ1v) is 6.89. The Bertz CT molecular complexity index is 505. The van der Waals surface area contributed by atoms with Gasteiger partial charge in [-0.05, 0) is 23.8 Å². The van der Waals surface area contributed by atoms with Crippen molar-refractivity contribution >= 4 is 16.9 Å². The zero-order valence-corrected chi connectivity index (χ0v) is 12.2. The van der Waals surface area contributed by atoms with E-state index in [2.05, 4.69) is 0 Å². The standard InChI is InChI=1S/C13H15F3O4S/c1-7(17)21-6-11(18)12(19)8-3-9(13(14,15)16)5-10(4-8)20-2/h3-5,11-12,18-19H,6H2,1-2H3. The maximum Gasteiger partial charge on any atom is 0.416 e. The van der Waals surface area contributed by atoms with Crippen LogP contribution in [0.4, 0.5) is 13.2 Å². The fourth-order valence-electron chi connectivity index (χ4n) is 1.59. The highest BCUT2D eigenvalue weighted by Gasteiger charge is 2.32. The van der Waals surface area contributed by atoms with Crippen LogP contribution < -0.4 is 4.74 Å². The second kappa shape index (κ2) is 7.15. The van der Waals surface area contributed by atoms with Gasteiger partial charge in [0.2, 0.25) is 0 Å². The van der Waals surface area contributed by atoms with Crippen LogP contribution in [0, 0.1) is 0 Å². The summed E-state index contributed by atoms with van der Waals surface area (Å²) in [4.78, 5) is 10.8. The van der Waals surface area contributed by atoms with Gasteiger partial charge in [0.05, 0.1) is 18.8 Å². The SMILES string of the molecule is COc1cc(C(O)C(O)CSC(C)=O)cc(C(F)(F)F)c1. The first-order valence-electron chi connectivity index (χ1n) is 5.90. The third-order valence-electron chi connectivity index (χ3n) is 2.66. The number of rotatable bonds is 5. The summed E-state index contributed by atoms with van der Waals surface area (Å²) in [6.45, 7) is 1.29. The number of alkyl halides is 3. The van der Waals surface area contributed by atoms with E-state index in [4.69, 9.17) is 4.74 Å². The van der Waals surface area contributed by atoms with Gasteiger partial charge < -0.3 is 14.9 Å². The molecular formula is C13H15F3O4S. The van der Waals surface area contributed by atoms with Crippen molar-refractivity contribution < 1.29 is 32.9 Å². The Morgan fingerprint density at radius 2 is 1.95 bits per heavy atom. The van der Waals surface area contributed by atoms with Gasteiger partial charge in [0.1, 0.15) is 11.9 Å². The largest absolute Gasteiger partial charge is 0.497 e. The van der Waals surface area contributed by atoms with Crippen LogP contribution in [0.1, 0.15) is 24.2 Å². The molecule has 0 aromatic heterocycles. The predicted octanol–water partition coefficient (Wildman–Crippen LogP) is 2.39. The minimum atomic E-state index is -4.60. The van der Waals surface area contributed by atoms with Crippen molar-refractivity contribution in [3.63, 3.8) is 0 Å². The van der Waals surface area contributed by atoms with Crippen LogP contribution in [-0.2, 0) is 11.0 Å². The van der Waals surface area contributed by atoms with Crippen LogP contribution in [0.2, 0.25) is 0 Å². The Kier molecular flexibility index (Phi) is 6.06. The predicted molar refractivity (Wildman–Crippen MR) is 72.1 cm³/mol. The van der Waals surface area contributed by atoms with Gasteiger partial charge in [-0.2, -0.15) is 13.2 Å². The van der Waals surface area contributed by atoms with E-state index in [0.29, 0.717) is 0 Å². The van der Waals surface area contributed by atoms with E-state index in [9.17, 15) is 28.2 Å². The Balaban J connectivity index is 3.02. The van der Waals surface area contributed by atoms with E-state index < -0.39 is 23.9 Å². The molecule has 21 heavy (non-hydrogen) atoms. The molecule has 0 spiro atoms. The zero-order chi connectivity index (χ0) is 16.2. The molecule has 0 amide bonds. The van der Waals surface area contributed by atoms with Gasteiger partial charge in [-0.3, -0.25) is 4.79 Å². The highest BCUT2D eigenvalue weighted by Crippen LogP contribution is 2.34. The van der Waals surface area contributed by atoms with Crippen LogP contribution in [0.15, 0.2) is 18.2 Å². The van der Waals surface area contributed by atoms with Gasteiger partial charge >= 0.3 is 6.18 Å². The second-order valence-electron chi connectivity index (χ2n) is 4.31. The number of ether oxygens (including phenoxy) is 1. The topological polar surface area (TPSA) is 66.8 Å². The van der Waals surface area contributed by atoms with Crippen LogP contribution in [0.25, 0.3) is 0 Å². The van der Waals surface area contributed by atoms with Gasteiger partial charge in [-0.1, -0.05) is 11.8 Å². The number of aliphatic hydroxyl groups excluding tert-OH is 2. The van der Waals surface area contributed by atoms with E-state index in [0.717, 1.165) is 23.9 Å². The number of carbonyl (C=O) groups excluding carboxylic acids is 1. The number of hydrogen-bond donors (Lipinski definition) is 2. The molecule has 0 saturated heterocycles. The Morgan fingerprint density at radius 1 is 1.33 bits per heavy atom. The average Bonchev–Trinajstić information content (AvgIpc) is 2.42. The van der Waals surface area contributed by atoms with Crippen molar-refractivity contribution in [1.82, 2.24) is 0 Å². The third-order valence-corrected chi connectivity index (χ3v) is 3.57. The summed E-state index contributed by atoms with van der Waals surface area (Å²) >= 11 is 0.780. The van der Waals surface area contributed by atoms with Crippen LogP contribution in [-0.4, -0.2) is 34.3 Å². The van der Waals surface area contributed by atoms with Crippen molar-refractivity contribution in [2.45, 2.75) is 25.3 Å². The lowest BCUT2D eigenvalue weighted by Crippen LogP contribution is -2.22. The smallest absolute Gasteiger partial charge is 0.416 e. The fourth-order valence-corrected chi connectivity index (χ4v) is 2.18. The molecule has 0 fully saturated rings. The summed E-state index contributed by atoms with van der Waals surface area (Å²) in [7, 11) is 1.20. The van der Waals surface area contributed by atoms with E-state index in [1.165, 1.54) is 20.1 Å². The molecule has 1 aromatic rings. The molecule has 2 unspecified atom stereocenters. The number of methoxy groups -OCH3 is 1. The van der Waals surface area contributed by atoms with E-state index in [1.807, 2.05) is 0 Å². The zero-order valence-electron chi connectivity index (χ0n) is 11.3. The maximum absolute atomic E-state index is 12.8. The summed E-state index contributed by atoms with van der Waals surface area (Å²) in [6, 6.07) is 2.75. The number of carbonyl (C=O) groups is 1. The lowest BCUT2D eigenvalue weighted by Gasteiger charge is -2.19. The highest BCUT2D eigenvalue weighted by atomic mass is 32.2. The lowest BCUT2D eigenvalue weighted by atomic mass is 10.0. The molecule has 8 heteroatoms. The summed E-state index contributed by atoms with van der Waals surface area (Å²) in [5.74, 6) is -0.194. The van der Waals surface area contributed by atoms with Gasteiger partial charge in [0.25, 0.3) is 0 Å². The van der Waals surface area contributed by atoms with E-state index in [-0.39, 0.29) is 22.2 Å². The van der Waals surface area contributed by atoms with E-state index >= 15 is 0 Å². The molecule has 0 aliphatic carbocycles. The monoisotopic (exact) mass is 324 g/mol. The van der Waals surface area contributed by atoms with Gasteiger partial charge in [-0.25, -0.2) is 0 Å². The van der Waals surface area contributed by atoms with Crippen LogP contribution in [0.5, 0.6) is 5.75 Å². The molecule has 0 aliphatic rings. The molecule has 0 aliphatic heterocycles. The molecule has 2 N–H and O–H groups in total. The molecule has 0 bridgehead atoms. The average molecular weight is 324 g/mol. The van der Waals surface area contributed by atoms with Gasteiger partial charge in [-0.15, -0.1) is 0 Å². The highest BCUT2D eigenvalue weighted by molar-refractivity contribution is 8.13. The molecule has 0 saturated carbocycles. The number of aliphatic hydroxyl groups is 2. The Labute approximate surface area is 123 Å². The van der Waals surface area contributed by atoms with Crippen LogP contribution >= 0.6 is 11.8 Å². The minimum absolute atomic E-state index is 0.0784. The summed E-state index contributed by atoms with van der Waals surface area (Å²) < 4.78 is 43.0. The van der Waals surface area contributed by atoms with Gasteiger partial charge in [0, 0.05) is 12.7 Å². The summed E-state index contributed by atoms with van der Waals surface area (Å²) in [5.41, 5.74) is -1.11. The third kappa shape index (κ3) is 5.22. The maximum atomic E-state index is 12.8.